The summed E-state index contributed by atoms with van der Waals surface area (Å²) in [6.45, 7) is -0.353. The maximum Gasteiger partial charge on any atom is 0.184 e. The van der Waals surface area contributed by atoms with Crippen molar-refractivity contribution in [3.8, 4) is 11.5 Å². The van der Waals surface area contributed by atoms with E-state index in [2.05, 4.69) is 0 Å². The molecule has 2 aromatic rings. The number of benzene rings is 2. The minimum atomic E-state index is -1.05. The zero-order valence-electron chi connectivity index (χ0n) is 14.9. The van der Waals surface area contributed by atoms with Gasteiger partial charge < -0.3 is 39.4 Å². The van der Waals surface area contributed by atoms with Gasteiger partial charge in [-0.2, -0.15) is 0 Å². The minimum absolute atomic E-state index is 0.0410. The lowest BCUT2D eigenvalue weighted by molar-refractivity contribution is -0.352. The highest BCUT2D eigenvalue weighted by Crippen LogP contribution is 2.37. The fraction of sp³-hybridized carbons (Fsp3) is 0.400. The molecule has 2 heterocycles. The van der Waals surface area contributed by atoms with Crippen molar-refractivity contribution < 1.29 is 39.4 Å². The summed E-state index contributed by atoms with van der Waals surface area (Å²) in [5.74, 6) is 0.231. The first kappa shape index (κ1) is 19.1. The zero-order chi connectivity index (χ0) is 19.7. The van der Waals surface area contributed by atoms with Crippen LogP contribution in [0, 0.1) is 0 Å². The maximum absolute atomic E-state index is 10.6. The van der Waals surface area contributed by atoms with E-state index in [9.17, 15) is 20.4 Å². The minimum Gasteiger partial charge on any atom is -0.508 e. The van der Waals surface area contributed by atoms with Crippen LogP contribution in [0.1, 0.15) is 23.7 Å². The van der Waals surface area contributed by atoms with Crippen LogP contribution in [0.25, 0.3) is 0 Å². The van der Waals surface area contributed by atoms with Gasteiger partial charge in [0.05, 0.1) is 13.2 Å². The summed E-state index contributed by atoms with van der Waals surface area (Å²) in [7, 11) is 0. The first-order valence-corrected chi connectivity index (χ1v) is 9.00. The third-order valence-corrected chi connectivity index (χ3v) is 4.88. The van der Waals surface area contributed by atoms with Crippen molar-refractivity contribution in [1.82, 2.24) is 0 Å². The normalized spacial score (nSPS) is 33.1. The summed E-state index contributed by atoms with van der Waals surface area (Å²) in [6, 6.07) is 12.7. The standard InChI is InChI=1S/C20H22O8/c21-9-15-18-17(24)16(27-20(28-18)12-3-7-14(23)8-4-12)10-25-19(26-15)11-1-5-13(22)6-2-11/h1-8,15-24H,9-10H2/t15-,16+,17-,18-,19?,20?/m1/s1. The molecule has 0 aliphatic carbocycles. The van der Waals surface area contributed by atoms with E-state index < -0.39 is 43.6 Å². The van der Waals surface area contributed by atoms with E-state index in [1.807, 2.05) is 0 Å². The molecule has 0 amide bonds. The van der Waals surface area contributed by atoms with Gasteiger partial charge in [-0.25, -0.2) is 0 Å². The van der Waals surface area contributed by atoms with Crippen molar-refractivity contribution in [2.45, 2.75) is 37.0 Å². The molecule has 0 radical (unpaired) electrons. The van der Waals surface area contributed by atoms with Gasteiger partial charge in [0, 0.05) is 11.1 Å². The number of fused-ring (bicyclic) bond motifs is 2. The highest BCUT2D eigenvalue weighted by molar-refractivity contribution is 5.28. The summed E-state index contributed by atoms with van der Waals surface area (Å²) in [6.07, 6.45) is -5.06. The predicted octanol–water partition coefficient (Wildman–Crippen LogP) is 1.35. The Morgan fingerprint density at radius 2 is 1.36 bits per heavy atom. The molecule has 150 valence electrons. The predicted molar refractivity (Wildman–Crippen MR) is 95.4 cm³/mol. The van der Waals surface area contributed by atoms with Crippen molar-refractivity contribution >= 4 is 0 Å². The highest BCUT2D eigenvalue weighted by Gasteiger charge is 2.46. The van der Waals surface area contributed by atoms with Gasteiger partial charge in [0.25, 0.3) is 0 Å². The Morgan fingerprint density at radius 3 is 1.93 bits per heavy atom. The Bertz CT molecular complexity index is 732. The third-order valence-electron chi connectivity index (χ3n) is 4.88. The Morgan fingerprint density at radius 1 is 0.786 bits per heavy atom. The van der Waals surface area contributed by atoms with Crippen LogP contribution >= 0.6 is 0 Å². The van der Waals surface area contributed by atoms with Gasteiger partial charge in [-0.1, -0.05) is 24.3 Å². The van der Waals surface area contributed by atoms with Gasteiger partial charge in [0.15, 0.2) is 12.6 Å². The van der Waals surface area contributed by atoms with Gasteiger partial charge in [-0.05, 0) is 24.3 Å². The van der Waals surface area contributed by atoms with Gasteiger partial charge in [0.1, 0.15) is 35.9 Å². The van der Waals surface area contributed by atoms with Crippen LogP contribution in [0.5, 0.6) is 11.5 Å². The number of rotatable bonds is 3. The molecule has 8 nitrogen and oxygen atoms in total. The van der Waals surface area contributed by atoms with Crippen LogP contribution in [0.3, 0.4) is 0 Å². The number of hydrogen-bond acceptors (Lipinski definition) is 8. The maximum atomic E-state index is 10.6. The summed E-state index contributed by atoms with van der Waals surface area (Å²) in [4.78, 5) is 0. The van der Waals surface area contributed by atoms with Crippen molar-refractivity contribution in [3.63, 3.8) is 0 Å². The fourth-order valence-electron chi connectivity index (χ4n) is 3.35. The Balaban J connectivity index is 1.57. The quantitative estimate of drug-likeness (QED) is 0.620. The van der Waals surface area contributed by atoms with Crippen LogP contribution in [-0.2, 0) is 18.9 Å². The molecule has 2 fully saturated rings. The lowest BCUT2D eigenvalue weighted by Gasteiger charge is -2.45. The molecule has 0 saturated carbocycles. The van der Waals surface area contributed by atoms with E-state index in [0.29, 0.717) is 11.1 Å². The molecule has 8 heteroatoms. The molecule has 2 aliphatic heterocycles. The molecule has 28 heavy (non-hydrogen) atoms. The average Bonchev–Trinajstić information content (AvgIpc) is 2.71. The highest BCUT2D eigenvalue weighted by atomic mass is 16.8. The number of ether oxygens (including phenoxy) is 4. The Hall–Kier alpha value is -2.20. The molecule has 4 rings (SSSR count). The van der Waals surface area contributed by atoms with E-state index in [0.717, 1.165) is 0 Å². The van der Waals surface area contributed by atoms with Crippen molar-refractivity contribution in [2.24, 2.45) is 0 Å². The molecule has 0 spiro atoms. The van der Waals surface area contributed by atoms with Gasteiger partial charge in [0.2, 0.25) is 0 Å². The summed E-state index contributed by atoms with van der Waals surface area (Å²) >= 11 is 0. The van der Waals surface area contributed by atoms with E-state index >= 15 is 0 Å². The number of aliphatic hydroxyl groups excluding tert-OH is 2. The lowest BCUT2D eigenvalue weighted by atomic mass is 10.00. The topological polar surface area (TPSA) is 118 Å². The number of aromatic hydroxyl groups is 2. The molecule has 2 bridgehead atoms. The largest absolute Gasteiger partial charge is 0.508 e. The second-order valence-electron chi connectivity index (χ2n) is 6.80. The number of phenols is 2. The number of aliphatic hydroxyl groups is 2. The Labute approximate surface area is 161 Å². The van der Waals surface area contributed by atoms with Crippen LogP contribution in [0.4, 0.5) is 0 Å². The molecule has 4 N–H and O–H groups in total. The first-order chi connectivity index (χ1) is 13.5. The van der Waals surface area contributed by atoms with E-state index in [4.69, 9.17) is 18.9 Å². The Kier molecular flexibility index (Phi) is 5.49. The van der Waals surface area contributed by atoms with Gasteiger partial charge in [-0.15, -0.1) is 0 Å². The van der Waals surface area contributed by atoms with E-state index in [1.54, 1.807) is 24.3 Å². The molecular formula is C20H22O8. The molecule has 0 aromatic heterocycles. The van der Waals surface area contributed by atoms with Crippen molar-refractivity contribution in [2.75, 3.05) is 13.2 Å². The fourth-order valence-corrected chi connectivity index (χ4v) is 3.35. The second-order valence-corrected chi connectivity index (χ2v) is 6.80. The molecular weight excluding hydrogens is 368 g/mol. The van der Waals surface area contributed by atoms with Crippen molar-refractivity contribution in [1.29, 1.82) is 0 Å². The van der Waals surface area contributed by atoms with E-state index in [-0.39, 0.29) is 18.1 Å². The summed E-state index contributed by atoms with van der Waals surface area (Å²) < 4.78 is 23.5. The molecule has 2 aliphatic rings. The van der Waals surface area contributed by atoms with Gasteiger partial charge >= 0.3 is 0 Å². The van der Waals surface area contributed by atoms with Crippen LogP contribution in [0.2, 0.25) is 0 Å². The smallest absolute Gasteiger partial charge is 0.184 e. The average molecular weight is 390 g/mol. The van der Waals surface area contributed by atoms with Gasteiger partial charge in [-0.3, -0.25) is 0 Å². The van der Waals surface area contributed by atoms with Crippen LogP contribution in [-0.4, -0.2) is 58.1 Å². The summed E-state index contributed by atoms with van der Waals surface area (Å²) in [5, 5.41) is 39.4. The molecule has 2 unspecified atom stereocenters. The zero-order valence-corrected chi connectivity index (χ0v) is 14.9. The van der Waals surface area contributed by atoms with Crippen LogP contribution in [0.15, 0.2) is 48.5 Å². The number of hydrogen-bond donors (Lipinski definition) is 4. The third kappa shape index (κ3) is 3.83. The molecule has 2 aromatic carbocycles. The SMILES string of the molecule is OC[C@H]1OC(c2ccc(O)cc2)OC[C@@H]2OC(c3ccc(O)cc3)O[C@H]1[C@@H]2O. The van der Waals surface area contributed by atoms with E-state index in [1.165, 1.54) is 24.3 Å². The number of phenolic OH excluding ortho intramolecular Hbond substituents is 2. The van der Waals surface area contributed by atoms with Crippen molar-refractivity contribution in [3.05, 3.63) is 59.7 Å². The molecule has 2 saturated heterocycles. The lowest BCUT2D eigenvalue weighted by Crippen LogP contribution is -2.57. The first-order valence-electron chi connectivity index (χ1n) is 9.00. The monoisotopic (exact) mass is 390 g/mol. The second kappa shape index (κ2) is 8.04. The summed E-state index contributed by atoms with van der Waals surface area (Å²) in [5.41, 5.74) is 1.31. The van der Waals surface area contributed by atoms with Crippen LogP contribution < -0.4 is 0 Å². The molecule has 6 atom stereocenters.